The third kappa shape index (κ3) is 5.02. The van der Waals surface area contributed by atoms with Crippen molar-refractivity contribution in [3.63, 3.8) is 0 Å². The molecule has 1 aromatic rings. The number of benzene rings is 1. The topological polar surface area (TPSA) is 101 Å². The molecule has 4 N–H and O–H groups in total. The second-order valence-electron chi connectivity index (χ2n) is 6.29. The molecule has 1 aromatic carbocycles. The van der Waals surface area contributed by atoms with E-state index in [4.69, 9.17) is 5.73 Å². The molecule has 1 saturated carbocycles. The fraction of sp³-hybridized carbons (Fsp3) is 0.562. The molecule has 1 aliphatic carbocycles. The summed E-state index contributed by atoms with van der Waals surface area (Å²) in [5.74, 6) is -0.0706. The summed E-state index contributed by atoms with van der Waals surface area (Å²) in [7, 11) is -3.36. The van der Waals surface area contributed by atoms with Crippen LogP contribution in [0, 0.1) is 5.92 Å². The first kappa shape index (κ1) is 17.9. The van der Waals surface area contributed by atoms with Gasteiger partial charge >= 0.3 is 0 Å². The third-order valence-electron chi connectivity index (χ3n) is 4.32. The van der Waals surface area contributed by atoms with Gasteiger partial charge in [0, 0.05) is 13.1 Å². The summed E-state index contributed by atoms with van der Waals surface area (Å²) in [4.78, 5) is 12.2. The molecule has 0 spiro atoms. The lowest BCUT2D eigenvalue weighted by molar-refractivity contribution is -0.125. The first-order valence-electron chi connectivity index (χ1n) is 7.91. The maximum Gasteiger partial charge on any atom is 0.244 e. The van der Waals surface area contributed by atoms with Gasteiger partial charge in [-0.05, 0) is 31.2 Å². The highest BCUT2D eigenvalue weighted by Crippen LogP contribution is 2.25. The molecule has 0 radical (unpaired) electrons. The Morgan fingerprint density at radius 2 is 1.96 bits per heavy atom. The minimum Gasteiger partial charge on any atom is -0.353 e. The second-order valence-corrected chi connectivity index (χ2v) is 8.21. The van der Waals surface area contributed by atoms with Gasteiger partial charge in [0.2, 0.25) is 15.9 Å². The molecule has 1 unspecified atom stereocenters. The van der Waals surface area contributed by atoms with Crippen LogP contribution in [-0.4, -0.2) is 33.2 Å². The van der Waals surface area contributed by atoms with Crippen LogP contribution in [0.2, 0.25) is 0 Å². The normalized spacial score (nSPS) is 18.0. The average Bonchev–Trinajstić information content (AvgIpc) is 2.46. The van der Waals surface area contributed by atoms with Crippen molar-refractivity contribution >= 4 is 15.9 Å². The van der Waals surface area contributed by atoms with Crippen LogP contribution in [0.3, 0.4) is 0 Å². The van der Waals surface area contributed by atoms with Gasteiger partial charge in [0.25, 0.3) is 0 Å². The van der Waals surface area contributed by atoms with Gasteiger partial charge < -0.3 is 11.1 Å². The zero-order valence-corrected chi connectivity index (χ0v) is 14.2. The van der Waals surface area contributed by atoms with Crippen molar-refractivity contribution in [3.05, 3.63) is 35.9 Å². The van der Waals surface area contributed by atoms with Crippen molar-refractivity contribution in [3.8, 4) is 0 Å². The van der Waals surface area contributed by atoms with Crippen LogP contribution in [0.4, 0.5) is 0 Å². The Labute approximate surface area is 137 Å². The third-order valence-corrected chi connectivity index (χ3v) is 5.67. The number of hydrogen-bond donors (Lipinski definition) is 3. The summed E-state index contributed by atoms with van der Waals surface area (Å²) in [6.07, 6.45) is 3.35. The maximum atomic E-state index is 12.2. The zero-order chi connectivity index (χ0) is 16.9. The van der Waals surface area contributed by atoms with Gasteiger partial charge in [-0.25, -0.2) is 13.1 Å². The van der Waals surface area contributed by atoms with Crippen molar-refractivity contribution < 1.29 is 13.2 Å². The molecule has 0 saturated heterocycles. The number of sulfonamides is 1. The van der Waals surface area contributed by atoms with Crippen LogP contribution in [0.25, 0.3) is 0 Å². The van der Waals surface area contributed by atoms with Crippen LogP contribution in [0.1, 0.15) is 31.7 Å². The van der Waals surface area contributed by atoms with Crippen molar-refractivity contribution in [2.75, 3.05) is 18.8 Å². The Kier molecular flexibility index (Phi) is 5.78. The van der Waals surface area contributed by atoms with E-state index < -0.39 is 21.5 Å². The Bertz CT molecular complexity index is 625. The number of nitrogens with two attached hydrogens (primary N) is 1. The summed E-state index contributed by atoms with van der Waals surface area (Å²) in [6, 6.07) is 9.01. The molecule has 0 aromatic heterocycles. The van der Waals surface area contributed by atoms with E-state index in [9.17, 15) is 13.2 Å². The Balaban J connectivity index is 1.79. The molecule has 23 heavy (non-hydrogen) atoms. The lowest BCUT2D eigenvalue weighted by atomic mass is 9.86. The monoisotopic (exact) mass is 339 g/mol. The maximum absolute atomic E-state index is 12.2. The lowest BCUT2D eigenvalue weighted by Gasteiger charge is -2.25. The van der Waals surface area contributed by atoms with E-state index >= 15 is 0 Å². The fourth-order valence-electron chi connectivity index (χ4n) is 2.41. The highest BCUT2D eigenvalue weighted by molar-refractivity contribution is 7.89. The average molecular weight is 339 g/mol. The SMILES string of the molecule is CC(N)(C(=O)NCCS(=O)(=O)NCC1CCC1)c1ccccc1. The van der Waals surface area contributed by atoms with Crippen molar-refractivity contribution in [2.24, 2.45) is 11.7 Å². The highest BCUT2D eigenvalue weighted by atomic mass is 32.2. The van der Waals surface area contributed by atoms with E-state index in [1.54, 1.807) is 19.1 Å². The molecular weight excluding hydrogens is 314 g/mol. The first-order chi connectivity index (χ1) is 10.8. The first-order valence-corrected chi connectivity index (χ1v) is 9.56. The Morgan fingerprint density at radius 3 is 2.52 bits per heavy atom. The van der Waals surface area contributed by atoms with Gasteiger partial charge in [-0.3, -0.25) is 4.79 Å². The second kappa shape index (κ2) is 7.42. The smallest absolute Gasteiger partial charge is 0.244 e. The molecule has 1 amide bonds. The molecule has 6 nitrogen and oxygen atoms in total. The number of amides is 1. The molecule has 1 aliphatic rings. The van der Waals surface area contributed by atoms with Crippen molar-refractivity contribution in [1.29, 1.82) is 0 Å². The van der Waals surface area contributed by atoms with Crippen LogP contribution in [-0.2, 0) is 20.4 Å². The van der Waals surface area contributed by atoms with Gasteiger partial charge in [0.15, 0.2) is 0 Å². The van der Waals surface area contributed by atoms with Crippen LogP contribution in [0.15, 0.2) is 30.3 Å². The van der Waals surface area contributed by atoms with E-state index in [0.29, 0.717) is 18.0 Å². The van der Waals surface area contributed by atoms with E-state index in [0.717, 1.165) is 12.8 Å². The summed E-state index contributed by atoms with van der Waals surface area (Å²) < 4.78 is 26.4. The van der Waals surface area contributed by atoms with Gasteiger partial charge in [-0.15, -0.1) is 0 Å². The predicted molar refractivity (Wildman–Crippen MR) is 90.1 cm³/mol. The molecule has 128 valence electrons. The quantitative estimate of drug-likeness (QED) is 0.649. The van der Waals surface area contributed by atoms with Gasteiger partial charge in [0.05, 0.1) is 5.75 Å². The van der Waals surface area contributed by atoms with E-state index in [2.05, 4.69) is 10.0 Å². The molecule has 7 heteroatoms. The molecule has 1 fully saturated rings. The van der Waals surface area contributed by atoms with Crippen LogP contribution < -0.4 is 15.8 Å². The standard InChI is InChI=1S/C16H25N3O3S/c1-16(17,14-8-3-2-4-9-14)15(20)18-10-11-23(21,22)19-12-13-6-5-7-13/h2-4,8-9,13,19H,5-7,10-12,17H2,1H3,(H,18,20). The van der Waals surface area contributed by atoms with E-state index in [1.165, 1.54) is 6.42 Å². The summed E-state index contributed by atoms with van der Waals surface area (Å²) in [5.41, 5.74) is 5.57. The Hall–Kier alpha value is -1.44. The molecule has 0 bridgehead atoms. The van der Waals surface area contributed by atoms with E-state index in [1.807, 2.05) is 18.2 Å². The summed E-state index contributed by atoms with van der Waals surface area (Å²) in [6.45, 7) is 2.15. The van der Waals surface area contributed by atoms with Crippen molar-refractivity contribution in [2.45, 2.75) is 31.7 Å². The lowest BCUT2D eigenvalue weighted by Crippen LogP contribution is -2.50. The number of rotatable bonds is 8. The fourth-order valence-corrected chi connectivity index (χ4v) is 3.42. The van der Waals surface area contributed by atoms with Crippen LogP contribution >= 0.6 is 0 Å². The largest absolute Gasteiger partial charge is 0.353 e. The Morgan fingerprint density at radius 1 is 1.30 bits per heavy atom. The highest BCUT2D eigenvalue weighted by Gasteiger charge is 2.30. The predicted octanol–water partition coefficient (Wildman–Crippen LogP) is 0.696. The van der Waals surface area contributed by atoms with Crippen molar-refractivity contribution in [1.82, 2.24) is 10.0 Å². The number of hydrogen-bond acceptors (Lipinski definition) is 4. The molecule has 0 aliphatic heterocycles. The molecule has 0 heterocycles. The van der Waals surface area contributed by atoms with Gasteiger partial charge in [0.1, 0.15) is 5.54 Å². The van der Waals surface area contributed by atoms with Crippen LogP contribution in [0.5, 0.6) is 0 Å². The van der Waals surface area contributed by atoms with Gasteiger partial charge in [-0.1, -0.05) is 36.8 Å². The van der Waals surface area contributed by atoms with Gasteiger partial charge in [-0.2, -0.15) is 0 Å². The number of nitrogens with one attached hydrogen (secondary N) is 2. The van der Waals surface area contributed by atoms with E-state index in [-0.39, 0.29) is 12.3 Å². The summed E-state index contributed by atoms with van der Waals surface area (Å²) >= 11 is 0. The minimum atomic E-state index is -3.36. The zero-order valence-electron chi connectivity index (χ0n) is 13.4. The molecule has 1 atom stereocenters. The summed E-state index contributed by atoms with van der Waals surface area (Å²) in [5, 5.41) is 2.61. The molecule has 2 rings (SSSR count). The number of carbonyl (C=O) groups excluding carboxylic acids is 1. The minimum absolute atomic E-state index is 0.0401. The molecular formula is C16H25N3O3S. The number of carbonyl (C=O) groups is 1.